The van der Waals surface area contributed by atoms with Crippen molar-refractivity contribution in [2.45, 2.75) is 58.5 Å². The van der Waals surface area contributed by atoms with Crippen molar-refractivity contribution in [2.75, 3.05) is 19.4 Å². The summed E-state index contributed by atoms with van der Waals surface area (Å²) < 4.78 is 53.0. The van der Waals surface area contributed by atoms with Crippen LogP contribution in [-0.2, 0) is 22.0 Å². The van der Waals surface area contributed by atoms with Crippen LogP contribution < -0.4 is 10.8 Å². The van der Waals surface area contributed by atoms with Crippen molar-refractivity contribution in [3.63, 3.8) is 0 Å². The molecule has 0 radical (unpaired) electrons. The molecule has 3 aromatic rings. The number of carbonyl (C=O) groups is 1. The number of carbonyl (C=O) groups excluding carboxylic acids is 1. The third kappa shape index (κ3) is 6.37. The van der Waals surface area contributed by atoms with Crippen LogP contribution >= 0.6 is 0 Å². The highest BCUT2D eigenvalue weighted by atomic mass is 19.4. The van der Waals surface area contributed by atoms with E-state index >= 15 is 0 Å². The third-order valence-electron chi connectivity index (χ3n) is 7.30. The monoisotopic (exact) mass is 538 g/mol. The van der Waals surface area contributed by atoms with Gasteiger partial charge in [0.15, 0.2) is 0 Å². The molecule has 206 valence electrons. The zero-order valence-corrected chi connectivity index (χ0v) is 23.4. The van der Waals surface area contributed by atoms with E-state index in [0.717, 1.165) is 34.3 Å². The number of nitrogens with zero attached hydrogens (tertiary/aromatic N) is 1. The molecule has 0 aliphatic carbocycles. The van der Waals surface area contributed by atoms with E-state index in [0.29, 0.717) is 11.3 Å². The Kier molecular flexibility index (Phi) is 7.73. The van der Waals surface area contributed by atoms with Gasteiger partial charge in [-0.15, -0.1) is 0 Å². The van der Waals surface area contributed by atoms with Crippen LogP contribution in [0.1, 0.15) is 54.7 Å². The summed E-state index contributed by atoms with van der Waals surface area (Å²) in [6.45, 7) is 10.2. The molecule has 0 unspecified atom stereocenters. The number of benzene rings is 3. The van der Waals surface area contributed by atoms with Crippen LogP contribution in [0.2, 0.25) is 0 Å². The summed E-state index contributed by atoms with van der Waals surface area (Å²) >= 11 is 0. The predicted octanol–water partition coefficient (Wildman–Crippen LogP) is 6.29. The van der Waals surface area contributed by atoms with Gasteiger partial charge in [-0.2, -0.15) is 13.2 Å². The van der Waals surface area contributed by atoms with E-state index in [1.54, 1.807) is 25.1 Å². The van der Waals surface area contributed by atoms with Crippen molar-refractivity contribution in [2.24, 2.45) is 0 Å². The molecule has 4 rings (SSSR count). The minimum atomic E-state index is -4.56. The molecule has 1 aliphatic heterocycles. The molecule has 1 amide bonds. The minimum absolute atomic E-state index is 0.0495. The van der Waals surface area contributed by atoms with E-state index in [2.05, 4.69) is 5.32 Å². The lowest BCUT2D eigenvalue weighted by atomic mass is 9.77. The summed E-state index contributed by atoms with van der Waals surface area (Å²) in [7, 11) is 3.00. The summed E-state index contributed by atoms with van der Waals surface area (Å²) in [5.74, 6) is -0.609. The largest absolute Gasteiger partial charge is 0.494 e. The van der Waals surface area contributed by atoms with Crippen LogP contribution in [0.4, 0.5) is 18.9 Å². The number of hydrogen-bond acceptors (Lipinski definition) is 4. The van der Waals surface area contributed by atoms with Crippen molar-refractivity contribution < 1.29 is 27.3 Å². The lowest BCUT2D eigenvalue weighted by Gasteiger charge is -2.32. The topological polar surface area (TPSA) is 50.8 Å². The highest BCUT2D eigenvalue weighted by Crippen LogP contribution is 2.37. The Morgan fingerprint density at radius 1 is 0.949 bits per heavy atom. The zero-order valence-electron chi connectivity index (χ0n) is 23.4. The number of hydrogen-bond donors (Lipinski definition) is 1. The molecule has 0 atom stereocenters. The van der Waals surface area contributed by atoms with Crippen LogP contribution in [0.5, 0.6) is 0 Å². The first-order chi connectivity index (χ1) is 18.1. The van der Waals surface area contributed by atoms with Gasteiger partial charge in [-0.3, -0.25) is 4.79 Å². The first-order valence-corrected chi connectivity index (χ1v) is 12.8. The van der Waals surface area contributed by atoms with Gasteiger partial charge < -0.3 is 19.5 Å². The van der Waals surface area contributed by atoms with Gasteiger partial charge in [-0.1, -0.05) is 30.3 Å². The third-order valence-corrected chi connectivity index (χ3v) is 7.30. The molecule has 1 heterocycles. The van der Waals surface area contributed by atoms with Gasteiger partial charge in [0.25, 0.3) is 5.91 Å². The van der Waals surface area contributed by atoms with E-state index < -0.39 is 36.0 Å². The van der Waals surface area contributed by atoms with Gasteiger partial charge in [0.1, 0.15) is 0 Å². The standard InChI is InChI=1S/C30H34BF3N2O3/c1-19-11-12-25(35-27(37)22-13-20(18-36(6)7)14-23(15-22)30(32,33)34)17-26(19)21-9-8-10-24(16-21)31-38-28(2,3)29(4,5)39-31/h8-17H,18H2,1-7H3,(H,35,37). The fourth-order valence-corrected chi connectivity index (χ4v) is 4.49. The molecule has 0 saturated carbocycles. The Labute approximate surface area is 228 Å². The molecule has 5 nitrogen and oxygen atoms in total. The van der Waals surface area contributed by atoms with E-state index in [-0.39, 0.29) is 12.1 Å². The molecule has 0 spiro atoms. The summed E-state index contributed by atoms with van der Waals surface area (Å²) in [6.07, 6.45) is -4.56. The molecular weight excluding hydrogens is 504 g/mol. The molecule has 1 fully saturated rings. The first-order valence-electron chi connectivity index (χ1n) is 12.8. The number of rotatable bonds is 6. The van der Waals surface area contributed by atoms with E-state index in [4.69, 9.17) is 9.31 Å². The van der Waals surface area contributed by atoms with Crippen LogP contribution in [0.15, 0.2) is 60.7 Å². The summed E-state index contributed by atoms with van der Waals surface area (Å²) in [6, 6.07) is 16.7. The molecule has 9 heteroatoms. The SMILES string of the molecule is Cc1ccc(NC(=O)c2cc(CN(C)C)cc(C(F)(F)F)c2)cc1-c1cccc(B2OC(C)(C)C(C)(C)O2)c1. The number of aryl methyl sites for hydroxylation is 1. The smallest absolute Gasteiger partial charge is 0.399 e. The second-order valence-electron chi connectivity index (χ2n) is 11.4. The van der Waals surface area contributed by atoms with Gasteiger partial charge in [0.05, 0.1) is 16.8 Å². The van der Waals surface area contributed by atoms with Crippen molar-refractivity contribution >= 4 is 24.2 Å². The summed E-state index contributed by atoms with van der Waals surface area (Å²) in [4.78, 5) is 14.8. The van der Waals surface area contributed by atoms with E-state index in [9.17, 15) is 18.0 Å². The van der Waals surface area contributed by atoms with Gasteiger partial charge in [0, 0.05) is 17.8 Å². The predicted molar refractivity (Wildman–Crippen MR) is 149 cm³/mol. The second kappa shape index (κ2) is 10.4. The molecule has 3 aromatic carbocycles. The molecule has 1 aliphatic rings. The lowest BCUT2D eigenvalue weighted by Crippen LogP contribution is -2.41. The maximum atomic E-state index is 13.5. The maximum Gasteiger partial charge on any atom is 0.494 e. The van der Waals surface area contributed by atoms with Crippen LogP contribution in [0, 0.1) is 6.92 Å². The molecule has 0 bridgehead atoms. The Hall–Kier alpha value is -3.14. The van der Waals surface area contributed by atoms with E-state index in [1.165, 1.54) is 6.07 Å². The Balaban J connectivity index is 1.62. The van der Waals surface area contributed by atoms with Crippen molar-refractivity contribution in [1.29, 1.82) is 0 Å². The van der Waals surface area contributed by atoms with Gasteiger partial charge in [0.2, 0.25) is 0 Å². The lowest BCUT2D eigenvalue weighted by molar-refractivity contribution is -0.137. The van der Waals surface area contributed by atoms with Gasteiger partial charge in [-0.25, -0.2) is 0 Å². The average Bonchev–Trinajstić information content (AvgIpc) is 3.06. The second-order valence-corrected chi connectivity index (χ2v) is 11.4. The summed E-state index contributed by atoms with van der Waals surface area (Å²) in [5, 5.41) is 2.78. The average molecular weight is 538 g/mol. The zero-order chi connectivity index (χ0) is 28.8. The minimum Gasteiger partial charge on any atom is -0.399 e. The number of nitrogens with one attached hydrogen (secondary N) is 1. The van der Waals surface area contributed by atoms with Gasteiger partial charge in [-0.05, 0) is 107 Å². The molecular formula is C30H34BF3N2O3. The number of halogens is 3. The first kappa shape index (κ1) is 28.9. The van der Waals surface area contributed by atoms with E-state index in [1.807, 2.05) is 71.0 Å². The highest BCUT2D eigenvalue weighted by Gasteiger charge is 2.51. The summed E-state index contributed by atoms with van der Waals surface area (Å²) in [5.41, 5.74) is 2.68. The van der Waals surface area contributed by atoms with Gasteiger partial charge >= 0.3 is 13.3 Å². The van der Waals surface area contributed by atoms with Crippen LogP contribution in [-0.4, -0.2) is 43.2 Å². The van der Waals surface area contributed by atoms with Crippen LogP contribution in [0.3, 0.4) is 0 Å². The quantitative estimate of drug-likeness (QED) is 0.375. The Morgan fingerprint density at radius 3 is 2.23 bits per heavy atom. The molecule has 1 saturated heterocycles. The van der Waals surface area contributed by atoms with Crippen molar-refractivity contribution in [3.8, 4) is 11.1 Å². The molecule has 39 heavy (non-hydrogen) atoms. The number of amides is 1. The normalized spacial score (nSPS) is 16.5. The maximum absolute atomic E-state index is 13.5. The molecule has 0 aromatic heterocycles. The number of anilines is 1. The Bertz CT molecular complexity index is 1370. The molecule has 1 N–H and O–H groups in total. The van der Waals surface area contributed by atoms with Crippen LogP contribution in [0.25, 0.3) is 11.1 Å². The fraction of sp³-hybridized carbons (Fsp3) is 0.367. The number of alkyl halides is 3. The van der Waals surface area contributed by atoms with Crippen molar-refractivity contribution in [1.82, 2.24) is 4.90 Å². The fourth-order valence-electron chi connectivity index (χ4n) is 4.49. The Morgan fingerprint density at radius 2 is 1.62 bits per heavy atom. The van der Waals surface area contributed by atoms with Crippen molar-refractivity contribution in [3.05, 3.63) is 82.9 Å². The highest BCUT2D eigenvalue weighted by molar-refractivity contribution is 6.62.